The molecule has 0 aliphatic carbocycles. The van der Waals surface area contributed by atoms with Crippen LogP contribution in [0.2, 0.25) is 0 Å². The van der Waals surface area contributed by atoms with Crippen molar-refractivity contribution in [2.45, 2.75) is 31.7 Å². The van der Waals surface area contributed by atoms with E-state index in [4.69, 9.17) is 13.0 Å². The summed E-state index contributed by atoms with van der Waals surface area (Å²) in [6.45, 7) is 6.72. The van der Waals surface area contributed by atoms with Gasteiger partial charge < -0.3 is 4.55 Å². The summed E-state index contributed by atoms with van der Waals surface area (Å²) in [5, 5.41) is 0. The fraction of sp³-hybridized carbons (Fsp3) is 0.455. The summed E-state index contributed by atoms with van der Waals surface area (Å²) in [7, 11) is -6.09. The van der Waals surface area contributed by atoms with Gasteiger partial charge in [-0.1, -0.05) is 39.0 Å². The van der Waals surface area contributed by atoms with Crippen molar-refractivity contribution in [2.24, 2.45) is 0 Å². The van der Waals surface area contributed by atoms with E-state index < -0.39 is 15.6 Å². The van der Waals surface area contributed by atoms with Crippen molar-refractivity contribution < 1.29 is 26.1 Å². The third-order valence-corrected chi connectivity index (χ3v) is 3.47. The molecule has 1 aromatic rings. The molecule has 1 rings (SSSR count). The van der Waals surface area contributed by atoms with Crippen LogP contribution in [-0.2, 0) is 15.5 Å². The van der Waals surface area contributed by atoms with Crippen LogP contribution in [0.25, 0.3) is 0 Å². The predicted molar refractivity (Wildman–Crippen MR) is 73.6 cm³/mol. The molecule has 3 nitrogen and oxygen atoms in total. The summed E-state index contributed by atoms with van der Waals surface area (Å²) in [4.78, 5) is 0. The fourth-order valence-electron chi connectivity index (χ4n) is 1.07. The van der Waals surface area contributed by atoms with Crippen LogP contribution >= 0.6 is 22.6 Å². The summed E-state index contributed by atoms with van der Waals surface area (Å²) in [5.41, 5.74) is -3.94. The second-order valence-electron chi connectivity index (χ2n) is 4.63. The summed E-state index contributed by atoms with van der Waals surface area (Å²) in [5.74, 6) is 0. The molecule has 19 heavy (non-hydrogen) atoms. The molecule has 0 aromatic heterocycles. The molecular weight excluding hydrogens is 396 g/mol. The first kappa shape index (κ1) is 18.7. The van der Waals surface area contributed by atoms with Crippen molar-refractivity contribution in [3.8, 4) is 0 Å². The van der Waals surface area contributed by atoms with Crippen LogP contribution in [0.4, 0.5) is 13.2 Å². The normalized spacial score (nSPS) is 12.6. The Hall–Kier alpha value is -0.350. The lowest BCUT2D eigenvalue weighted by Crippen LogP contribution is -2.21. The SMILES string of the molecule is CC(C)(C)c1ccccc1I.O=S(=O)([O-])C(F)(F)F. The molecule has 0 saturated heterocycles. The van der Waals surface area contributed by atoms with Gasteiger partial charge >= 0.3 is 5.51 Å². The highest BCUT2D eigenvalue weighted by Gasteiger charge is 2.36. The first-order chi connectivity index (χ1) is 8.27. The van der Waals surface area contributed by atoms with E-state index >= 15 is 0 Å². The zero-order chi connectivity index (χ0) is 15.5. The minimum absolute atomic E-state index is 0.276. The molecule has 0 fully saturated rings. The number of rotatable bonds is 0. The van der Waals surface area contributed by atoms with Crippen molar-refractivity contribution in [2.75, 3.05) is 0 Å². The summed E-state index contributed by atoms with van der Waals surface area (Å²) >= 11 is 2.39. The van der Waals surface area contributed by atoms with Crippen LogP contribution in [0, 0.1) is 3.57 Å². The van der Waals surface area contributed by atoms with E-state index in [2.05, 4.69) is 67.6 Å². The van der Waals surface area contributed by atoms with E-state index in [1.165, 1.54) is 9.13 Å². The van der Waals surface area contributed by atoms with Gasteiger partial charge in [-0.05, 0) is 39.6 Å². The van der Waals surface area contributed by atoms with E-state index in [0.717, 1.165) is 0 Å². The van der Waals surface area contributed by atoms with Gasteiger partial charge in [-0.3, -0.25) is 0 Å². The van der Waals surface area contributed by atoms with Gasteiger partial charge in [0.15, 0.2) is 10.1 Å². The first-order valence-corrected chi connectivity index (χ1v) is 7.52. The number of benzene rings is 1. The Bertz CT molecular complexity index is 519. The highest BCUT2D eigenvalue weighted by molar-refractivity contribution is 14.1. The molecule has 0 aliphatic heterocycles. The molecule has 0 aliphatic rings. The molecule has 1 aromatic carbocycles. The van der Waals surface area contributed by atoms with E-state index in [0.29, 0.717) is 0 Å². The zero-order valence-electron chi connectivity index (χ0n) is 10.5. The number of halogens is 4. The number of hydrogen-bond donors (Lipinski definition) is 0. The minimum atomic E-state index is -6.09. The topological polar surface area (TPSA) is 57.2 Å². The summed E-state index contributed by atoms with van der Waals surface area (Å²) < 4.78 is 60.3. The average Bonchev–Trinajstić information content (AvgIpc) is 2.14. The molecule has 0 unspecified atom stereocenters. The van der Waals surface area contributed by atoms with Crippen molar-refractivity contribution in [3.63, 3.8) is 0 Å². The van der Waals surface area contributed by atoms with Crippen LogP contribution in [0.3, 0.4) is 0 Å². The van der Waals surface area contributed by atoms with Gasteiger partial charge in [-0.2, -0.15) is 13.2 Å². The molecular formula is C11H13F3IO3S-. The molecule has 0 amide bonds. The van der Waals surface area contributed by atoms with Crippen LogP contribution in [0.15, 0.2) is 24.3 Å². The van der Waals surface area contributed by atoms with Gasteiger partial charge in [0.25, 0.3) is 0 Å². The molecule has 0 saturated carbocycles. The fourth-order valence-corrected chi connectivity index (χ4v) is 2.27. The molecule has 0 atom stereocenters. The maximum Gasteiger partial charge on any atom is 0.485 e. The van der Waals surface area contributed by atoms with Gasteiger partial charge in [0.05, 0.1) is 0 Å². The van der Waals surface area contributed by atoms with E-state index in [1.54, 1.807) is 0 Å². The minimum Gasteiger partial charge on any atom is -0.741 e. The lowest BCUT2D eigenvalue weighted by atomic mass is 9.87. The molecule has 0 heterocycles. The van der Waals surface area contributed by atoms with Crippen molar-refractivity contribution in [1.82, 2.24) is 0 Å². The zero-order valence-corrected chi connectivity index (χ0v) is 13.4. The highest BCUT2D eigenvalue weighted by atomic mass is 127. The largest absolute Gasteiger partial charge is 0.741 e. The Morgan fingerprint density at radius 2 is 1.47 bits per heavy atom. The van der Waals surface area contributed by atoms with Gasteiger partial charge in [-0.15, -0.1) is 0 Å². The van der Waals surface area contributed by atoms with Gasteiger partial charge in [0.2, 0.25) is 0 Å². The molecule has 8 heteroatoms. The molecule has 0 bridgehead atoms. The third-order valence-electron chi connectivity index (χ3n) is 1.97. The van der Waals surface area contributed by atoms with Crippen LogP contribution in [0.1, 0.15) is 26.3 Å². The molecule has 0 radical (unpaired) electrons. The standard InChI is InChI=1S/C10H13I.CHF3O3S/c1-10(2,3)8-6-4-5-7-9(8)11;2-1(3,4)8(5,6)7/h4-7H,1-3H3;(H,5,6,7)/p-1. The van der Waals surface area contributed by atoms with Gasteiger partial charge in [-0.25, -0.2) is 8.42 Å². The van der Waals surface area contributed by atoms with Gasteiger partial charge in [0, 0.05) is 3.57 Å². The second-order valence-corrected chi connectivity index (χ2v) is 7.16. The number of alkyl halides is 3. The monoisotopic (exact) mass is 409 g/mol. The van der Waals surface area contributed by atoms with Crippen molar-refractivity contribution in [1.29, 1.82) is 0 Å². The lowest BCUT2D eigenvalue weighted by molar-refractivity contribution is -0.0517. The Labute approximate surface area is 124 Å². The Morgan fingerprint density at radius 3 is 1.68 bits per heavy atom. The average molecular weight is 409 g/mol. The Morgan fingerprint density at radius 1 is 1.11 bits per heavy atom. The van der Waals surface area contributed by atoms with Crippen LogP contribution in [0.5, 0.6) is 0 Å². The summed E-state index contributed by atoms with van der Waals surface area (Å²) in [6.07, 6.45) is 0. The van der Waals surface area contributed by atoms with E-state index in [9.17, 15) is 13.2 Å². The molecule has 110 valence electrons. The first-order valence-electron chi connectivity index (χ1n) is 5.04. The van der Waals surface area contributed by atoms with Crippen LogP contribution < -0.4 is 0 Å². The third kappa shape index (κ3) is 6.57. The van der Waals surface area contributed by atoms with E-state index in [1.807, 2.05) is 0 Å². The second kappa shape index (κ2) is 6.40. The maximum absolute atomic E-state index is 10.7. The van der Waals surface area contributed by atoms with E-state index in [-0.39, 0.29) is 5.41 Å². The van der Waals surface area contributed by atoms with Crippen LogP contribution in [-0.4, -0.2) is 18.5 Å². The quantitative estimate of drug-likeness (QED) is 0.374. The number of hydrogen-bond acceptors (Lipinski definition) is 3. The Kier molecular flexibility index (Phi) is 6.28. The molecule has 0 spiro atoms. The van der Waals surface area contributed by atoms with Crippen molar-refractivity contribution in [3.05, 3.63) is 33.4 Å². The maximum atomic E-state index is 10.7. The highest BCUT2D eigenvalue weighted by Crippen LogP contribution is 2.26. The summed E-state index contributed by atoms with van der Waals surface area (Å²) in [6, 6.07) is 8.53. The molecule has 0 N–H and O–H groups in total. The smallest absolute Gasteiger partial charge is 0.485 e. The lowest BCUT2D eigenvalue weighted by Gasteiger charge is -2.20. The predicted octanol–water partition coefficient (Wildman–Crippen LogP) is 3.64. The Balaban J connectivity index is 0.000000362. The van der Waals surface area contributed by atoms with Crippen molar-refractivity contribution >= 4 is 32.7 Å². The van der Waals surface area contributed by atoms with Gasteiger partial charge in [0.1, 0.15) is 0 Å².